The molecule has 3 heteroatoms. The second-order valence-electron chi connectivity index (χ2n) is 5.52. The van der Waals surface area contributed by atoms with E-state index in [-0.39, 0.29) is 11.5 Å². The Labute approximate surface area is 97.9 Å². The lowest BCUT2D eigenvalue weighted by atomic mass is 9.89. The SMILES string of the molecule is Cc1ccc(NCC(O)CC(C)(C)C)nc1. The highest BCUT2D eigenvalue weighted by molar-refractivity contribution is 5.35. The molecule has 1 atom stereocenters. The number of nitrogens with zero attached hydrogens (tertiary/aromatic N) is 1. The Morgan fingerprint density at radius 1 is 1.38 bits per heavy atom. The van der Waals surface area contributed by atoms with Crippen molar-refractivity contribution in [2.75, 3.05) is 11.9 Å². The van der Waals surface area contributed by atoms with Crippen LogP contribution in [0.4, 0.5) is 5.82 Å². The predicted octanol–water partition coefficient (Wildman–Crippen LogP) is 2.60. The average Bonchev–Trinajstić information content (AvgIpc) is 2.14. The van der Waals surface area contributed by atoms with Crippen LogP contribution in [0.15, 0.2) is 18.3 Å². The summed E-state index contributed by atoms with van der Waals surface area (Å²) in [6, 6.07) is 3.94. The van der Waals surface area contributed by atoms with Crippen LogP contribution in [0.1, 0.15) is 32.8 Å². The first-order chi connectivity index (χ1) is 7.37. The molecule has 16 heavy (non-hydrogen) atoms. The molecule has 0 radical (unpaired) electrons. The van der Waals surface area contributed by atoms with Gasteiger partial charge in [0.05, 0.1) is 6.10 Å². The summed E-state index contributed by atoms with van der Waals surface area (Å²) in [6.07, 6.45) is 2.27. The first kappa shape index (κ1) is 13.0. The monoisotopic (exact) mass is 222 g/mol. The van der Waals surface area contributed by atoms with Crippen LogP contribution >= 0.6 is 0 Å². The Bertz CT molecular complexity index is 314. The quantitative estimate of drug-likeness (QED) is 0.823. The highest BCUT2D eigenvalue weighted by Gasteiger charge is 2.16. The summed E-state index contributed by atoms with van der Waals surface area (Å²) in [7, 11) is 0. The number of nitrogens with one attached hydrogen (secondary N) is 1. The minimum atomic E-state index is -0.330. The summed E-state index contributed by atoms with van der Waals surface area (Å²) < 4.78 is 0. The Balaban J connectivity index is 2.37. The molecule has 1 rings (SSSR count). The lowest BCUT2D eigenvalue weighted by molar-refractivity contribution is 0.132. The maximum atomic E-state index is 9.81. The van der Waals surface area contributed by atoms with Crippen LogP contribution in [0.25, 0.3) is 0 Å². The minimum absolute atomic E-state index is 0.155. The van der Waals surface area contributed by atoms with Crippen molar-refractivity contribution in [2.24, 2.45) is 5.41 Å². The van der Waals surface area contributed by atoms with E-state index in [1.54, 1.807) is 0 Å². The van der Waals surface area contributed by atoms with E-state index in [2.05, 4.69) is 31.1 Å². The molecule has 1 aromatic heterocycles. The lowest BCUT2D eigenvalue weighted by Crippen LogP contribution is -2.25. The molecule has 0 aromatic carbocycles. The second-order valence-corrected chi connectivity index (χ2v) is 5.52. The Kier molecular flexibility index (Phi) is 4.30. The standard InChI is InChI=1S/C13H22N2O/c1-10-5-6-12(14-8-10)15-9-11(16)7-13(2,3)4/h5-6,8,11,16H,7,9H2,1-4H3,(H,14,15). The first-order valence-corrected chi connectivity index (χ1v) is 5.71. The third-order valence-electron chi connectivity index (χ3n) is 2.28. The number of aromatic nitrogens is 1. The van der Waals surface area contributed by atoms with Gasteiger partial charge in [0.25, 0.3) is 0 Å². The van der Waals surface area contributed by atoms with E-state index < -0.39 is 0 Å². The van der Waals surface area contributed by atoms with E-state index in [1.807, 2.05) is 25.3 Å². The molecule has 0 bridgehead atoms. The number of aryl methyl sites for hydroxylation is 1. The molecule has 0 amide bonds. The summed E-state index contributed by atoms with van der Waals surface area (Å²) in [5.41, 5.74) is 1.29. The molecule has 0 saturated carbocycles. The number of aliphatic hydroxyl groups is 1. The lowest BCUT2D eigenvalue weighted by Gasteiger charge is -2.22. The molecular weight excluding hydrogens is 200 g/mol. The van der Waals surface area contributed by atoms with Crippen LogP contribution in [0, 0.1) is 12.3 Å². The van der Waals surface area contributed by atoms with Crippen LogP contribution in [0.5, 0.6) is 0 Å². The van der Waals surface area contributed by atoms with E-state index in [0.717, 1.165) is 17.8 Å². The van der Waals surface area contributed by atoms with Gasteiger partial charge in [0.1, 0.15) is 5.82 Å². The van der Waals surface area contributed by atoms with Crippen molar-refractivity contribution >= 4 is 5.82 Å². The van der Waals surface area contributed by atoms with Gasteiger partial charge >= 0.3 is 0 Å². The zero-order chi connectivity index (χ0) is 12.2. The number of hydrogen-bond acceptors (Lipinski definition) is 3. The van der Waals surface area contributed by atoms with Gasteiger partial charge in [-0.3, -0.25) is 0 Å². The number of anilines is 1. The fraction of sp³-hybridized carbons (Fsp3) is 0.615. The van der Waals surface area contributed by atoms with Crippen LogP contribution in [0.2, 0.25) is 0 Å². The van der Waals surface area contributed by atoms with Crippen molar-refractivity contribution in [1.29, 1.82) is 0 Å². The highest BCUT2D eigenvalue weighted by atomic mass is 16.3. The van der Waals surface area contributed by atoms with Crippen LogP contribution in [0.3, 0.4) is 0 Å². The van der Waals surface area contributed by atoms with Crippen molar-refractivity contribution in [2.45, 2.75) is 40.2 Å². The predicted molar refractivity (Wildman–Crippen MR) is 67.5 cm³/mol. The molecule has 0 aliphatic rings. The second kappa shape index (κ2) is 5.30. The topological polar surface area (TPSA) is 45.1 Å². The maximum Gasteiger partial charge on any atom is 0.125 e. The van der Waals surface area contributed by atoms with E-state index >= 15 is 0 Å². The van der Waals surface area contributed by atoms with Crippen LogP contribution < -0.4 is 5.32 Å². The van der Waals surface area contributed by atoms with Gasteiger partial charge < -0.3 is 10.4 Å². The van der Waals surface area contributed by atoms with E-state index in [1.165, 1.54) is 0 Å². The van der Waals surface area contributed by atoms with E-state index in [4.69, 9.17) is 0 Å². The Hall–Kier alpha value is -1.09. The summed E-state index contributed by atoms with van der Waals surface area (Å²) in [5.74, 6) is 0.818. The highest BCUT2D eigenvalue weighted by Crippen LogP contribution is 2.20. The first-order valence-electron chi connectivity index (χ1n) is 5.71. The molecule has 1 heterocycles. The van der Waals surface area contributed by atoms with Crippen LogP contribution in [-0.2, 0) is 0 Å². The number of aliphatic hydroxyl groups excluding tert-OH is 1. The molecule has 3 nitrogen and oxygen atoms in total. The third-order valence-corrected chi connectivity index (χ3v) is 2.28. The molecule has 0 fully saturated rings. The Morgan fingerprint density at radius 2 is 2.06 bits per heavy atom. The zero-order valence-electron chi connectivity index (χ0n) is 10.6. The molecule has 0 saturated heterocycles. The van der Waals surface area contributed by atoms with Gasteiger partial charge in [0.2, 0.25) is 0 Å². The van der Waals surface area contributed by atoms with Gasteiger partial charge in [-0.05, 0) is 30.4 Å². The van der Waals surface area contributed by atoms with E-state index in [9.17, 15) is 5.11 Å². The zero-order valence-corrected chi connectivity index (χ0v) is 10.6. The molecule has 0 spiro atoms. The van der Waals surface area contributed by atoms with Crippen molar-refractivity contribution in [3.8, 4) is 0 Å². The van der Waals surface area contributed by atoms with E-state index in [0.29, 0.717) is 6.54 Å². The molecule has 1 unspecified atom stereocenters. The molecule has 2 N–H and O–H groups in total. The van der Waals surface area contributed by atoms with Crippen molar-refractivity contribution in [3.63, 3.8) is 0 Å². The largest absolute Gasteiger partial charge is 0.391 e. The number of hydrogen-bond donors (Lipinski definition) is 2. The number of pyridine rings is 1. The third kappa shape index (κ3) is 5.12. The summed E-state index contributed by atoms with van der Waals surface area (Å²) >= 11 is 0. The Morgan fingerprint density at radius 3 is 2.56 bits per heavy atom. The molecule has 0 aliphatic heterocycles. The molecule has 1 aromatic rings. The van der Waals surface area contributed by atoms with Crippen molar-refractivity contribution < 1.29 is 5.11 Å². The number of rotatable bonds is 4. The molecule has 0 aliphatic carbocycles. The fourth-order valence-electron chi connectivity index (χ4n) is 1.57. The molecular formula is C13H22N2O. The van der Waals surface area contributed by atoms with Gasteiger partial charge in [-0.2, -0.15) is 0 Å². The van der Waals surface area contributed by atoms with Crippen molar-refractivity contribution in [3.05, 3.63) is 23.9 Å². The summed E-state index contributed by atoms with van der Waals surface area (Å²) in [4.78, 5) is 4.22. The average molecular weight is 222 g/mol. The van der Waals surface area contributed by atoms with Gasteiger partial charge in [0, 0.05) is 12.7 Å². The normalized spacial score (nSPS) is 13.6. The summed E-state index contributed by atoms with van der Waals surface area (Å²) in [6.45, 7) is 8.93. The maximum absolute atomic E-state index is 9.81. The minimum Gasteiger partial charge on any atom is -0.391 e. The molecule has 90 valence electrons. The fourth-order valence-corrected chi connectivity index (χ4v) is 1.57. The van der Waals surface area contributed by atoms with Gasteiger partial charge in [-0.1, -0.05) is 26.8 Å². The van der Waals surface area contributed by atoms with Gasteiger partial charge in [0.15, 0.2) is 0 Å². The van der Waals surface area contributed by atoms with Gasteiger partial charge in [-0.25, -0.2) is 4.98 Å². The van der Waals surface area contributed by atoms with Gasteiger partial charge in [-0.15, -0.1) is 0 Å². The van der Waals surface area contributed by atoms with Crippen molar-refractivity contribution in [1.82, 2.24) is 4.98 Å². The van der Waals surface area contributed by atoms with Crippen LogP contribution in [-0.4, -0.2) is 22.7 Å². The smallest absolute Gasteiger partial charge is 0.125 e. The summed E-state index contributed by atoms with van der Waals surface area (Å²) in [5, 5.41) is 12.9.